The van der Waals surface area contributed by atoms with Crippen LogP contribution in [0.1, 0.15) is 284 Å². The second kappa shape index (κ2) is 64.0. The van der Waals surface area contributed by atoms with Crippen LogP contribution in [0, 0.1) is 0 Å². The van der Waals surface area contributed by atoms with Crippen LogP contribution in [0.2, 0.25) is 0 Å². The topological polar surface area (TPSA) is 111 Å². The number of hydrogen-bond donors (Lipinski definition) is 0. The third-order valence-electron chi connectivity index (χ3n) is 14.5. The van der Waals surface area contributed by atoms with E-state index in [4.69, 9.17) is 18.9 Å². The van der Waals surface area contributed by atoms with E-state index in [-0.39, 0.29) is 38.6 Å². The fourth-order valence-corrected chi connectivity index (χ4v) is 9.38. The van der Waals surface area contributed by atoms with E-state index in [2.05, 4.69) is 123 Å². The lowest BCUT2D eigenvalue weighted by atomic mass is 10.0. The van der Waals surface area contributed by atoms with Gasteiger partial charge in [-0.2, -0.15) is 0 Å². The van der Waals surface area contributed by atoms with Crippen LogP contribution in [0.5, 0.6) is 0 Å². The highest BCUT2D eigenvalue weighted by Gasteiger charge is 2.22. The molecule has 0 saturated carbocycles. The Balaban J connectivity index is 4.12. The summed E-state index contributed by atoms with van der Waals surface area (Å²) in [6.45, 7) is 4.54. The zero-order valence-corrected chi connectivity index (χ0v) is 54.3. The number of nitrogens with zero attached hydrogens (tertiary/aromatic N) is 1. The Morgan fingerprint density at radius 1 is 0.361 bits per heavy atom. The molecule has 0 fully saturated rings. The molecule has 476 valence electrons. The molecule has 0 spiro atoms. The van der Waals surface area contributed by atoms with Gasteiger partial charge < -0.3 is 33.3 Å². The summed E-state index contributed by atoms with van der Waals surface area (Å²) < 4.78 is 22.8. The first-order valence-electron chi connectivity index (χ1n) is 34.0. The van der Waals surface area contributed by atoms with Gasteiger partial charge in [0.2, 0.25) is 0 Å². The molecule has 0 N–H and O–H groups in total. The normalized spacial score (nSPS) is 13.4. The summed E-state index contributed by atoms with van der Waals surface area (Å²) in [5, 5.41) is 11.8. The Hall–Kier alpha value is -4.05. The Bertz CT molecular complexity index is 1730. The van der Waals surface area contributed by atoms with Gasteiger partial charge in [0, 0.05) is 12.8 Å². The molecule has 83 heavy (non-hydrogen) atoms. The Labute approximate surface area is 511 Å². The molecule has 0 rings (SSSR count). The Morgan fingerprint density at radius 3 is 0.964 bits per heavy atom. The average Bonchev–Trinajstić information content (AvgIpc) is 3.46. The molecule has 9 heteroatoms. The smallest absolute Gasteiger partial charge is 0.306 e. The van der Waals surface area contributed by atoms with Crippen molar-refractivity contribution in [1.82, 2.24) is 0 Å². The number of unbranched alkanes of at least 4 members (excludes halogenated alkanes) is 29. The average molecular weight is 1160 g/mol. The SMILES string of the molecule is CC/C=C\C/C=C\C/C=C\C/C=C\C/C=C\CCCCCCCCCCCCCCCCCCCC(=O)OC(COC(=O)CCCCCCCCCCCCCC/C=C\C/C=C\C/C=C\C/C=C\CC)COC(OCC[N+](C)(C)C)C(=O)[O-]. The molecule has 0 bridgehead atoms. The molecule has 0 heterocycles. The lowest BCUT2D eigenvalue weighted by Gasteiger charge is -2.26. The maximum absolute atomic E-state index is 12.9. The van der Waals surface area contributed by atoms with Gasteiger partial charge in [-0.15, -0.1) is 0 Å². The molecule has 0 aromatic rings. The first kappa shape index (κ1) is 79.0. The lowest BCUT2D eigenvalue weighted by molar-refractivity contribution is -0.870. The van der Waals surface area contributed by atoms with E-state index in [0.29, 0.717) is 17.4 Å². The minimum Gasteiger partial charge on any atom is -0.545 e. The number of likely N-dealkylation sites (N-methyl/N-ethyl adjacent to an activating group) is 1. The van der Waals surface area contributed by atoms with Gasteiger partial charge in [-0.05, 0) is 96.3 Å². The summed E-state index contributed by atoms with van der Waals surface area (Å²) in [7, 11) is 5.93. The van der Waals surface area contributed by atoms with Gasteiger partial charge in [0.05, 0.1) is 40.3 Å². The largest absolute Gasteiger partial charge is 0.545 e. The van der Waals surface area contributed by atoms with E-state index in [1.165, 1.54) is 154 Å². The number of rotatable bonds is 62. The molecule has 2 atom stereocenters. The fourth-order valence-electron chi connectivity index (χ4n) is 9.38. The third kappa shape index (κ3) is 65.3. The van der Waals surface area contributed by atoms with Crippen molar-refractivity contribution in [3.63, 3.8) is 0 Å². The first-order valence-corrected chi connectivity index (χ1v) is 34.0. The van der Waals surface area contributed by atoms with Crippen molar-refractivity contribution in [2.75, 3.05) is 47.5 Å². The van der Waals surface area contributed by atoms with Crippen molar-refractivity contribution < 1.29 is 42.9 Å². The summed E-state index contributed by atoms with van der Waals surface area (Å²) in [6, 6.07) is 0. The van der Waals surface area contributed by atoms with E-state index in [1.807, 2.05) is 21.1 Å². The molecule has 9 nitrogen and oxygen atoms in total. The number of ether oxygens (including phenoxy) is 4. The number of carboxylic acids is 1. The van der Waals surface area contributed by atoms with Crippen molar-refractivity contribution >= 4 is 17.9 Å². The lowest BCUT2D eigenvalue weighted by Crippen LogP contribution is -2.44. The van der Waals surface area contributed by atoms with E-state index >= 15 is 0 Å². The van der Waals surface area contributed by atoms with Gasteiger partial charge in [0.25, 0.3) is 0 Å². The molecule has 0 amide bonds. The number of esters is 2. The second-order valence-corrected chi connectivity index (χ2v) is 23.7. The van der Waals surface area contributed by atoms with Gasteiger partial charge in [0.1, 0.15) is 13.2 Å². The highest BCUT2D eigenvalue weighted by atomic mass is 16.7. The molecule has 0 aliphatic carbocycles. The van der Waals surface area contributed by atoms with Crippen molar-refractivity contribution in [3.05, 3.63) is 109 Å². The predicted molar refractivity (Wildman–Crippen MR) is 352 cm³/mol. The van der Waals surface area contributed by atoms with Crippen molar-refractivity contribution in [3.8, 4) is 0 Å². The summed E-state index contributed by atoms with van der Waals surface area (Å²) in [5.41, 5.74) is 0. The van der Waals surface area contributed by atoms with Crippen LogP contribution < -0.4 is 5.11 Å². The number of aliphatic carboxylic acids is 1. The van der Waals surface area contributed by atoms with Gasteiger partial charge in [-0.1, -0.05) is 284 Å². The van der Waals surface area contributed by atoms with Crippen molar-refractivity contribution in [2.24, 2.45) is 0 Å². The molecular formula is C74H127NO8. The number of allylic oxidation sites excluding steroid dienone is 18. The van der Waals surface area contributed by atoms with E-state index in [9.17, 15) is 19.5 Å². The third-order valence-corrected chi connectivity index (χ3v) is 14.5. The highest BCUT2D eigenvalue weighted by Crippen LogP contribution is 2.17. The molecule has 0 aliphatic heterocycles. The van der Waals surface area contributed by atoms with Crippen LogP contribution in [0.3, 0.4) is 0 Å². The molecule has 0 aliphatic rings. The van der Waals surface area contributed by atoms with Crippen LogP contribution in [-0.2, 0) is 33.3 Å². The number of carbonyl (C=O) groups is 3. The van der Waals surface area contributed by atoms with E-state index < -0.39 is 24.3 Å². The fraction of sp³-hybridized carbons (Fsp3) is 0.716. The second-order valence-electron chi connectivity index (χ2n) is 23.7. The quantitative estimate of drug-likeness (QED) is 0.0195. The van der Waals surface area contributed by atoms with Crippen LogP contribution in [0.25, 0.3) is 0 Å². The van der Waals surface area contributed by atoms with Gasteiger partial charge in [-0.3, -0.25) is 9.59 Å². The Kier molecular flexibility index (Phi) is 60.8. The maximum atomic E-state index is 12.9. The van der Waals surface area contributed by atoms with E-state index in [1.54, 1.807) is 0 Å². The monoisotopic (exact) mass is 1160 g/mol. The maximum Gasteiger partial charge on any atom is 0.306 e. The number of hydrogen-bond acceptors (Lipinski definition) is 8. The number of carbonyl (C=O) groups excluding carboxylic acids is 3. The van der Waals surface area contributed by atoms with Crippen molar-refractivity contribution in [2.45, 2.75) is 296 Å². The number of carboxylic acid groups (broad SMARTS) is 1. The molecule has 0 aromatic carbocycles. The Morgan fingerprint density at radius 2 is 0.651 bits per heavy atom. The minimum atomic E-state index is -1.63. The van der Waals surface area contributed by atoms with Crippen LogP contribution >= 0.6 is 0 Å². The number of quaternary nitrogens is 1. The highest BCUT2D eigenvalue weighted by molar-refractivity contribution is 5.70. The molecular weight excluding hydrogens is 1030 g/mol. The van der Waals surface area contributed by atoms with E-state index in [0.717, 1.165) is 96.3 Å². The molecule has 0 radical (unpaired) electrons. The van der Waals surface area contributed by atoms with Crippen LogP contribution in [0.4, 0.5) is 0 Å². The van der Waals surface area contributed by atoms with Crippen LogP contribution in [-0.4, -0.2) is 82.3 Å². The van der Waals surface area contributed by atoms with Crippen LogP contribution in [0.15, 0.2) is 109 Å². The summed E-state index contributed by atoms with van der Waals surface area (Å²) >= 11 is 0. The summed E-state index contributed by atoms with van der Waals surface area (Å²) in [4.78, 5) is 37.5. The van der Waals surface area contributed by atoms with Gasteiger partial charge in [0.15, 0.2) is 12.4 Å². The van der Waals surface area contributed by atoms with Gasteiger partial charge in [-0.25, -0.2) is 0 Å². The standard InChI is InChI=1S/C74H127NO8/c1-6-8-10-12-14-16-18-20-22-24-26-28-30-32-33-34-35-36-37-38-39-41-43-45-47-49-51-53-55-57-59-61-63-65-72(77)83-70(69-82-74(73(78)79)80-67-66-75(3,4)5)68-81-71(76)64-62-60-58-56-54-52-50-48-46-44-42-40-31-29-27-25-23-21-19-17-15-13-11-9-7-2/h8-11,14-17,20-23,26-29,32-33,70,74H,6-7,12-13,18-19,24-25,30-31,34-69H2,1-5H3/b10-8-,11-9-,16-14-,17-15-,22-20-,23-21-,28-26-,29-27-,33-32-. The first-order chi connectivity index (χ1) is 40.6. The summed E-state index contributed by atoms with van der Waals surface area (Å²) in [5.74, 6) is -2.28. The summed E-state index contributed by atoms with van der Waals surface area (Å²) in [6.07, 6.45) is 85.9. The zero-order chi connectivity index (χ0) is 60.5. The molecule has 0 saturated heterocycles. The van der Waals surface area contributed by atoms with Gasteiger partial charge >= 0.3 is 11.9 Å². The molecule has 2 unspecified atom stereocenters. The minimum absolute atomic E-state index is 0.144. The molecule has 0 aromatic heterocycles. The van der Waals surface area contributed by atoms with Crippen molar-refractivity contribution in [1.29, 1.82) is 0 Å². The zero-order valence-electron chi connectivity index (χ0n) is 54.3. The predicted octanol–water partition coefficient (Wildman–Crippen LogP) is 19.7.